The lowest BCUT2D eigenvalue weighted by atomic mass is 9.91. The number of hydrogen-bond acceptors (Lipinski definition) is 6. The number of sulfone groups is 1. The third-order valence-corrected chi connectivity index (χ3v) is 8.72. The van der Waals surface area contributed by atoms with Crippen molar-refractivity contribution >= 4 is 44.5 Å². The van der Waals surface area contributed by atoms with Crippen LogP contribution in [0.4, 0.5) is 5.69 Å². The molecule has 4 rings (SSSR count). The molecule has 1 amide bonds. The largest absolute Gasteiger partial charge is 0.497 e. The molecule has 1 aliphatic rings. The first-order chi connectivity index (χ1) is 13.9. The van der Waals surface area contributed by atoms with E-state index >= 15 is 0 Å². The maximum Gasteiger partial charge on any atom is 0.225 e. The molecule has 0 saturated heterocycles. The number of ether oxygens (including phenoxy) is 1. The van der Waals surface area contributed by atoms with Gasteiger partial charge in [-0.2, -0.15) is 0 Å². The number of thioether (sulfide) groups is 1. The van der Waals surface area contributed by atoms with Gasteiger partial charge in [-0.05, 0) is 48.2 Å². The standard InChI is InChI=1S/C21H19NO4S3/c1-26-14-5-9-16(10-6-14)29(24,25)18-12-28-21-17(11-19(23)22-20(18)21)13-3-7-15(27-2)8-4-13/h3-10,12,17H,11H2,1-2H3,(H,22,23)/t17-/m0/s1. The smallest absolute Gasteiger partial charge is 0.225 e. The minimum absolute atomic E-state index is 0.140. The van der Waals surface area contributed by atoms with Crippen LogP contribution in [0.2, 0.25) is 0 Å². The molecule has 2 heterocycles. The molecule has 8 heteroatoms. The maximum atomic E-state index is 13.2. The average molecular weight is 446 g/mol. The number of benzene rings is 2. The first kappa shape index (κ1) is 20.0. The highest BCUT2D eigenvalue weighted by molar-refractivity contribution is 7.98. The zero-order chi connectivity index (χ0) is 20.6. The van der Waals surface area contributed by atoms with Gasteiger partial charge in [-0.15, -0.1) is 23.1 Å². The number of rotatable bonds is 5. The van der Waals surface area contributed by atoms with Crippen LogP contribution in [-0.2, 0) is 14.6 Å². The van der Waals surface area contributed by atoms with Gasteiger partial charge < -0.3 is 10.1 Å². The summed E-state index contributed by atoms with van der Waals surface area (Å²) in [6, 6.07) is 14.3. The van der Waals surface area contributed by atoms with E-state index in [9.17, 15) is 13.2 Å². The molecule has 1 aromatic heterocycles. The minimum atomic E-state index is -3.76. The molecule has 0 aliphatic carbocycles. The predicted molar refractivity (Wildman–Crippen MR) is 116 cm³/mol. The highest BCUT2D eigenvalue weighted by Crippen LogP contribution is 2.46. The van der Waals surface area contributed by atoms with E-state index in [-0.39, 0.29) is 21.6 Å². The lowest BCUT2D eigenvalue weighted by molar-refractivity contribution is -0.116. The van der Waals surface area contributed by atoms with Crippen molar-refractivity contribution in [2.45, 2.75) is 27.0 Å². The Labute approximate surface area is 178 Å². The monoisotopic (exact) mass is 445 g/mol. The van der Waals surface area contributed by atoms with Gasteiger partial charge in [-0.1, -0.05) is 12.1 Å². The summed E-state index contributed by atoms with van der Waals surface area (Å²) in [5, 5.41) is 4.42. The normalized spacial score (nSPS) is 16.2. The Morgan fingerprint density at radius 2 is 1.79 bits per heavy atom. The van der Waals surface area contributed by atoms with Crippen LogP contribution in [0.15, 0.2) is 68.6 Å². The number of methoxy groups -OCH3 is 1. The van der Waals surface area contributed by atoms with Crippen molar-refractivity contribution in [1.82, 2.24) is 0 Å². The molecule has 0 bridgehead atoms. The topological polar surface area (TPSA) is 72.5 Å². The van der Waals surface area contributed by atoms with Crippen molar-refractivity contribution in [3.8, 4) is 5.75 Å². The van der Waals surface area contributed by atoms with Crippen LogP contribution >= 0.6 is 23.1 Å². The van der Waals surface area contributed by atoms with Crippen LogP contribution in [0.1, 0.15) is 22.8 Å². The third kappa shape index (κ3) is 3.68. The number of carbonyl (C=O) groups is 1. The van der Waals surface area contributed by atoms with Crippen molar-refractivity contribution in [2.75, 3.05) is 18.7 Å². The number of carbonyl (C=O) groups excluding carboxylic acids is 1. The average Bonchev–Trinajstić information content (AvgIpc) is 3.18. The van der Waals surface area contributed by atoms with Crippen LogP contribution in [-0.4, -0.2) is 27.7 Å². The van der Waals surface area contributed by atoms with Gasteiger partial charge in [-0.3, -0.25) is 4.79 Å². The molecule has 0 unspecified atom stereocenters. The van der Waals surface area contributed by atoms with Crippen LogP contribution in [0, 0.1) is 0 Å². The van der Waals surface area contributed by atoms with Gasteiger partial charge in [0.05, 0.1) is 17.7 Å². The van der Waals surface area contributed by atoms with Crippen LogP contribution in [0.3, 0.4) is 0 Å². The Kier molecular flexibility index (Phi) is 5.42. The van der Waals surface area contributed by atoms with Crippen molar-refractivity contribution in [3.63, 3.8) is 0 Å². The molecule has 0 fully saturated rings. The Hall–Kier alpha value is -2.29. The second-order valence-electron chi connectivity index (χ2n) is 6.60. The zero-order valence-corrected chi connectivity index (χ0v) is 18.3. The number of anilines is 1. The third-order valence-electron chi connectivity index (χ3n) is 4.93. The van der Waals surface area contributed by atoms with Gasteiger partial charge in [0.1, 0.15) is 10.6 Å². The summed E-state index contributed by atoms with van der Waals surface area (Å²) < 4.78 is 31.5. The Balaban J connectivity index is 1.76. The van der Waals surface area contributed by atoms with Gasteiger partial charge in [0, 0.05) is 27.5 Å². The van der Waals surface area contributed by atoms with Crippen molar-refractivity contribution in [2.24, 2.45) is 0 Å². The Morgan fingerprint density at radius 3 is 2.41 bits per heavy atom. The molecule has 150 valence electrons. The van der Waals surface area contributed by atoms with E-state index in [0.29, 0.717) is 17.9 Å². The lowest BCUT2D eigenvalue weighted by Gasteiger charge is -2.24. The summed E-state index contributed by atoms with van der Waals surface area (Å²) in [6.07, 6.45) is 2.31. The molecular weight excluding hydrogens is 426 g/mol. The highest BCUT2D eigenvalue weighted by atomic mass is 32.2. The van der Waals surface area contributed by atoms with E-state index in [1.807, 2.05) is 30.5 Å². The molecule has 1 aliphatic heterocycles. The van der Waals surface area contributed by atoms with Gasteiger partial charge in [0.25, 0.3) is 0 Å². The molecule has 29 heavy (non-hydrogen) atoms. The number of nitrogens with one attached hydrogen (secondary N) is 1. The SMILES string of the molecule is COc1ccc(S(=O)(=O)c2csc3c2NC(=O)C[C@H]3c2ccc(SC)cc2)cc1. The molecule has 1 N–H and O–H groups in total. The van der Waals surface area contributed by atoms with E-state index in [2.05, 4.69) is 5.32 Å². The second-order valence-corrected chi connectivity index (χ2v) is 10.3. The number of fused-ring (bicyclic) bond motifs is 1. The van der Waals surface area contributed by atoms with Gasteiger partial charge in [0.15, 0.2) is 0 Å². The first-order valence-electron chi connectivity index (χ1n) is 8.88. The van der Waals surface area contributed by atoms with Crippen molar-refractivity contribution in [3.05, 3.63) is 64.4 Å². The first-order valence-corrected chi connectivity index (χ1v) is 12.5. The van der Waals surface area contributed by atoms with E-state index in [1.165, 1.54) is 30.6 Å². The number of thiophene rings is 1. The summed E-state index contributed by atoms with van der Waals surface area (Å²) in [4.78, 5) is 14.7. The molecule has 2 aromatic carbocycles. The van der Waals surface area contributed by atoms with E-state index in [0.717, 1.165) is 15.3 Å². The second kappa shape index (κ2) is 7.85. The lowest BCUT2D eigenvalue weighted by Crippen LogP contribution is -2.23. The summed E-state index contributed by atoms with van der Waals surface area (Å²) >= 11 is 3.03. The fourth-order valence-electron chi connectivity index (χ4n) is 3.39. The highest BCUT2D eigenvalue weighted by Gasteiger charge is 2.34. The molecule has 0 radical (unpaired) electrons. The maximum absolute atomic E-state index is 13.2. The van der Waals surface area contributed by atoms with Crippen LogP contribution in [0.25, 0.3) is 0 Å². The van der Waals surface area contributed by atoms with Crippen LogP contribution in [0.5, 0.6) is 5.75 Å². The number of amides is 1. The van der Waals surface area contributed by atoms with Crippen molar-refractivity contribution in [1.29, 1.82) is 0 Å². The van der Waals surface area contributed by atoms with Gasteiger partial charge in [0.2, 0.25) is 15.7 Å². The summed E-state index contributed by atoms with van der Waals surface area (Å²) in [5.41, 5.74) is 1.41. The molecular formula is C21H19NO4S3. The molecule has 1 atom stereocenters. The Bertz CT molecular complexity index is 1150. The molecule has 5 nitrogen and oxygen atoms in total. The minimum Gasteiger partial charge on any atom is -0.497 e. The fraction of sp³-hybridized carbons (Fsp3) is 0.190. The quantitative estimate of drug-likeness (QED) is 0.572. The predicted octanol–water partition coefficient (Wildman–Crippen LogP) is 4.79. The van der Waals surface area contributed by atoms with Gasteiger partial charge in [-0.25, -0.2) is 8.42 Å². The fourth-order valence-corrected chi connectivity index (χ4v) is 6.71. The molecule has 0 saturated carbocycles. The summed E-state index contributed by atoms with van der Waals surface area (Å²) in [7, 11) is -2.24. The van der Waals surface area contributed by atoms with E-state index in [1.54, 1.807) is 29.3 Å². The summed E-state index contributed by atoms with van der Waals surface area (Å²) in [5.74, 6) is 0.249. The van der Waals surface area contributed by atoms with Gasteiger partial charge >= 0.3 is 0 Å². The summed E-state index contributed by atoms with van der Waals surface area (Å²) in [6.45, 7) is 0. The number of hydrogen-bond donors (Lipinski definition) is 1. The Morgan fingerprint density at radius 1 is 1.10 bits per heavy atom. The van der Waals surface area contributed by atoms with E-state index in [4.69, 9.17) is 4.74 Å². The zero-order valence-electron chi connectivity index (χ0n) is 15.8. The molecule has 0 spiro atoms. The van der Waals surface area contributed by atoms with Crippen LogP contribution < -0.4 is 10.1 Å². The van der Waals surface area contributed by atoms with E-state index < -0.39 is 9.84 Å². The molecule has 3 aromatic rings. The van der Waals surface area contributed by atoms with Crippen molar-refractivity contribution < 1.29 is 17.9 Å².